The second-order valence-corrected chi connectivity index (χ2v) is 5.45. The zero-order chi connectivity index (χ0) is 13.5. The average Bonchev–Trinajstić information content (AvgIpc) is 3.24. The Morgan fingerprint density at radius 3 is 2.53 bits per heavy atom. The third-order valence-electron chi connectivity index (χ3n) is 3.66. The SMILES string of the molecule is CCCCCCC(NN)c1ccc(OC2CC2)cc1. The van der Waals surface area contributed by atoms with Crippen LogP contribution in [0.1, 0.15) is 63.5 Å². The summed E-state index contributed by atoms with van der Waals surface area (Å²) in [6.07, 6.45) is 9.06. The standard InChI is InChI=1S/C16H26N2O/c1-2-3-4-5-6-16(18-17)13-7-9-14(10-8-13)19-15-11-12-15/h7-10,15-16,18H,2-6,11-12,17H2,1H3. The molecule has 19 heavy (non-hydrogen) atoms. The van der Waals surface area contributed by atoms with Crippen molar-refractivity contribution in [3.05, 3.63) is 29.8 Å². The Morgan fingerprint density at radius 2 is 1.95 bits per heavy atom. The number of benzene rings is 1. The molecule has 1 unspecified atom stereocenters. The molecule has 0 saturated heterocycles. The Morgan fingerprint density at radius 1 is 1.21 bits per heavy atom. The number of nitrogens with two attached hydrogens (primary N) is 1. The van der Waals surface area contributed by atoms with E-state index >= 15 is 0 Å². The molecule has 2 rings (SSSR count). The van der Waals surface area contributed by atoms with Crippen LogP contribution < -0.4 is 16.0 Å². The first-order chi connectivity index (χ1) is 9.33. The van der Waals surface area contributed by atoms with E-state index in [1.807, 2.05) is 0 Å². The van der Waals surface area contributed by atoms with Gasteiger partial charge in [-0.25, -0.2) is 0 Å². The normalized spacial score (nSPS) is 16.3. The number of hydrogen-bond acceptors (Lipinski definition) is 3. The number of unbranched alkanes of at least 4 members (excludes halogenated alkanes) is 3. The molecule has 0 bridgehead atoms. The number of hydrazine groups is 1. The highest BCUT2D eigenvalue weighted by Crippen LogP contribution is 2.28. The molecule has 1 aliphatic rings. The molecule has 0 radical (unpaired) electrons. The molecular weight excluding hydrogens is 236 g/mol. The van der Waals surface area contributed by atoms with Gasteiger partial charge >= 0.3 is 0 Å². The zero-order valence-corrected chi connectivity index (χ0v) is 11.9. The van der Waals surface area contributed by atoms with Gasteiger partial charge in [-0.2, -0.15) is 0 Å². The lowest BCUT2D eigenvalue weighted by molar-refractivity contribution is 0.303. The van der Waals surface area contributed by atoms with E-state index in [2.05, 4.69) is 36.6 Å². The topological polar surface area (TPSA) is 47.3 Å². The van der Waals surface area contributed by atoms with Crippen molar-refractivity contribution in [2.75, 3.05) is 0 Å². The average molecular weight is 262 g/mol. The largest absolute Gasteiger partial charge is 0.490 e. The Balaban J connectivity index is 1.82. The molecule has 0 aromatic heterocycles. The van der Waals surface area contributed by atoms with Gasteiger partial charge in [0.2, 0.25) is 0 Å². The van der Waals surface area contributed by atoms with Crippen LogP contribution in [0.3, 0.4) is 0 Å². The summed E-state index contributed by atoms with van der Waals surface area (Å²) in [6.45, 7) is 2.23. The minimum Gasteiger partial charge on any atom is -0.490 e. The molecule has 0 spiro atoms. The molecule has 106 valence electrons. The van der Waals surface area contributed by atoms with Gasteiger partial charge in [0.15, 0.2) is 0 Å². The first-order valence-electron chi connectivity index (χ1n) is 7.56. The number of hydrogen-bond donors (Lipinski definition) is 2. The second kappa shape index (κ2) is 7.51. The van der Waals surface area contributed by atoms with Crippen LogP contribution in [0.5, 0.6) is 5.75 Å². The Labute approximate surface area is 116 Å². The van der Waals surface area contributed by atoms with Crippen LogP contribution in [-0.4, -0.2) is 6.10 Å². The van der Waals surface area contributed by atoms with E-state index < -0.39 is 0 Å². The Kier molecular flexibility index (Phi) is 5.67. The van der Waals surface area contributed by atoms with Crippen LogP contribution in [0.25, 0.3) is 0 Å². The minimum absolute atomic E-state index is 0.256. The third-order valence-corrected chi connectivity index (χ3v) is 3.66. The van der Waals surface area contributed by atoms with Gasteiger partial charge in [0, 0.05) is 6.04 Å². The van der Waals surface area contributed by atoms with Crippen molar-refractivity contribution in [1.82, 2.24) is 5.43 Å². The molecule has 1 saturated carbocycles. The zero-order valence-electron chi connectivity index (χ0n) is 11.9. The molecular formula is C16H26N2O. The lowest BCUT2D eigenvalue weighted by Crippen LogP contribution is -2.27. The highest BCUT2D eigenvalue weighted by Gasteiger charge is 2.23. The molecule has 1 atom stereocenters. The molecule has 0 amide bonds. The molecule has 3 nitrogen and oxygen atoms in total. The highest BCUT2D eigenvalue weighted by molar-refractivity contribution is 5.29. The molecule has 3 heteroatoms. The monoisotopic (exact) mass is 262 g/mol. The summed E-state index contributed by atoms with van der Waals surface area (Å²) in [6, 6.07) is 8.63. The number of ether oxygens (including phenoxy) is 1. The molecule has 3 N–H and O–H groups in total. The van der Waals surface area contributed by atoms with Gasteiger partial charge in [-0.15, -0.1) is 0 Å². The smallest absolute Gasteiger partial charge is 0.119 e. The lowest BCUT2D eigenvalue weighted by Gasteiger charge is -2.16. The van der Waals surface area contributed by atoms with Gasteiger partial charge in [0.05, 0.1) is 6.10 Å². The van der Waals surface area contributed by atoms with Crippen LogP contribution in [0.15, 0.2) is 24.3 Å². The van der Waals surface area contributed by atoms with Crippen LogP contribution in [-0.2, 0) is 0 Å². The summed E-state index contributed by atoms with van der Waals surface area (Å²) in [5, 5.41) is 0. The fourth-order valence-electron chi connectivity index (χ4n) is 2.28. The summed E-state index contributed by atoms with van der Waals surface area (Å²) in [4.78, 5) is 0. The van der Waals surface area contributed by atoms with Crippen molar-refractivity contribution in [3.63, 3.8) is 0 Å². The molecule has 1 aromatic rings. The van der Waals surface area contributed by atoms with Gasteiger partial charge in [0.25, 0.3) is 0 Å². The summed E-state index contributed by atoms with van der Waals surface area (Å²) >= 11 is 0. The lowest BCUT2D eigenvalue weighted by atomic mass is 10.0. The van der Waals surface area contributed by atoms with Crippen molar-refractivity contribution in [2.45, 2.75) is 64.0 Å². The fourth-order valence-corrected chi connectivity index (χ4v) is 2.28. The highest BCUT2D eigenvalue weighted by atomic mass is 16.5. The van der Waals surface area contributed by atoms with E-state index in [0.29, 0.717) is 6.10 Å². The van der Waals surface area contributed by atoms with Crippen LogP contribution in [0.4, 0.5) is 0 Å². The van der Waals surface area contributed by atoms with E-state index in [0.717, 1.165) is 12.2 Å². The maximum atomic E-state index is 5.76. The Bertz CT molecular complexity index is 360. The van der Waals surface area contributed by atoms with Crippen molar-refractivity contribution in [2.24, 2.45) is 5.84 Å². The maximum absolute atomic E-state index is 5.76. The molecule has 1 aromatic carbocycles. The molecule has 0 aliphatic heterocycles. The Hall–Kier alpha value is -1.06. The van der Waals surface area contributed by atoms with Gasteiger partial charge in [-0.05, 0) is 37.0 Å². The van der Waals surface area contributed by atoms with Gasteiger partial charge in [0.1, 0.15) is 5.75 Å². The second-order valence-electron chi connectivity index (χ2n) is 5.45. The predicted octanol–water partition coefficient (Wildman–Crippen LogP) is 3.70. The summed E-state index contributed by atoms with van der Waals surface area (Å²) in [5.41, 5.74) is 4.18. The van der Waals surface area contributed by atoms with Crippen molar-refractivity contribution in [3.8, 4) is 5.75 Å². The van der Waals surface area contributed by atoms with Gasteiger partial charge in [-0.3, -0.25) is 11.3 Å². The molecule has 0 heterocycles. The fraction of sp³-hybridized carbons (Fsp3) is 0.625. The van der Waals surface area contributed by atoms with E-state index in [1.165, 1.54) is 44.1 Å². The molecule has 1 aliphatic carbocycles. The third kappa shape index (κ3) is 4.84. The predicted molar refractivity (Wildman–Crippen MR) is 78.9 cm³/mol. The van der Waals surface area contributed by atoms with Crippen molar-refractivity contribution >= 4 is 0 Å². The van der Waals surface area contributed by atoms with Gasteiger partial charge < -0.3 is 4.74 Å². The van der Waals surface area contributed by atoms with E-state index in [-0.39, 0.29) is 6.04 Å². The van der Waals surface area contributed by atoms with Crippen molar-refractivity contribution in [1.29, 1.82) is 0 Å². The number of rotatable bonds is 9. The molecule has 1 fully saturated rings. The van der Waals surface area contributed by atoms with E-state index in [9.17, 15) is 0 Å². The summed E-state index contributed by atoms with van der Waals surface area (Å²) < 4.78 is 5.76. The first-order valence-corrected chi connectivity index (χ1v) is 7.56. The quantitative estimate of drug-likeness (QED) is 0.405. The van der Waals surface area contributed by atoms with E-state index in [1.54, 1.807) is 0 Å². The number of nitrogens with one attached hydrogen (secondary N) is 1. The summed E-state index contributed by atoms with van der Waals surface area (Å²) in [5.74, 6) is 6.65. The van der Waals surface area contributed by atoms with Gasteiger partial charge in [-0.1, -0.05) is 44.7 Å². The summed E-state index contributed by atoms with van der Waals surface area (Å²) in [7, 11) is 0. The first kappa shape index (κ1) is 14.4. The minimum atomic E-state index is 0.256. The van der Waals surface area contributed by atoms with Crippen LogP contribution >= 0.6 is 0 Å². The van der Waals surface area contributed by atoms with Crippen LogP contribution in [0, 0.1) is 0 Å². The van der Waals surface area contributed by atoms with Crippen molar-refractivity contribution < 1.29 is 4.74 Å². The van der Waals surface area contributed by atoms with E-state index in [4.69, 9.17) is 10.6 Å². The van der Waals surface area contributed by atoms with Crippen LogP contribution in [0.2, 0.25) is 0 Å². The maximum Gasteiger partial charge on any atom is 0.119 e.